The number of methoxy groups -OCH3 is 2. The van der Waals surface area contributed by atoms with Gasteiger partial charge in [-0.1, -0.05) is 0 Å². The predicted octanol–water partition coefficient (Wildman–Crippen LogP) is 2.16. The van der Waals surface area contributed by atoms with Crippen molar-refractivity contribution in [1.29, 1.82) is 0 Å². The first kappa shape index (κ1) is 16.5. The lowest BCUT2D eigenvalue weighted by Crippen LogP contribution is -2.17. The van der Waals surface area contributed by atoms with Crippen molar-refractivity contribution in [3.8, 4) is 11.6 Å². The lowest BCUT2D eigenvalue weighted by atomic mass is 10.2. The van der Waals surface area contributed by atoms with Crippen molar-refractivity contribution in [2.45, 2.75) is 6.18 Å². The first-order chi connectivity index (χ1) is 10.9. The number of nitrogens with one attached hydrogen (secondary N) is 1. The van der Waals surface area contributed by atoms with E-state index in [1.807, 2.05) is 0 Å². The number of anilines is 1. The van der Waals surface area contributed by atoms with Crippen molar-refractivity contribution in [1.82, 2.24) is 15.0 Å². The molecular formula is C13H11F3N4O3. The van der Waals surface area contributed by atoms with Crippen molar-refractivity contribution in [3.63, 3.8) is 0 Å². The summed E-state index contributed by atoms with van der Waals surface area (Å²) in [5.41, 5.74) is -1.46. The maximum Gasteiger partial charge on any atom is 0.421 e. The van der Waals surface area contributed by atoms with Crippen LogP contribution in [0.15, 0.2) is 24.8 Å². The third kappa shape index (κ3) is 3.65. The van der Waals surface area contributed by atoms with Crippen LogP contribution in [0.2, 0.25) is 0 Å². The number of alkyl halides is 3. The molecule has 2 aromatic heterocycles. The number of ether oxygens (including phenoxy) is 2. The molecule has 1 N–H and O–H groups in total. The first-order valence-electron chi connectivity index (χ1n) is 6.13. The van der Waals surface area contributed by atoms with Gasteiger partial charge in [-0.2, -0.15) is 13.2 Å². The normalized spacial score (nSPS) is 11.0. The number of nitrogens with zero attached hydrogens (tertiary/aromatic N) is 3. The summed E-state index contributed by atoms with van der Waals surface area (Å²) in [7, 11) is 2.40. The van der Waals surface area contributed by atoms with E-state index in [1.54, 1.807) is 0 Å². The van der Waals surface area contributed by atoms with Crippen LogP contribution in [-0.4, -0.2) is 35.1 Å². The fraction of sp³-hybridized carbons (Fsp3) is 0.231. The second kappa shape index (κ2) is 6.46. The molecule has 0 saturated heterocycles. The van der Waals surface area contributed by atoms with E-state index in [1.165, 1.54) is 13.3 Å². The van der Waals surface area contributed by atoms with Crippen LogP contribution >= 0.6 is 0 Å². The van der Waals surface area contributed by atoms with Gasteiger partial charge in [0.1, 0.15) is 11.9 Å². The Balaban J connectivity index is 2.33. The van der Waals surface area contributed by atoms with Crippen LogP contribution in [0, 0.1) is 0 Å². The van der Waals surface area contributed by atoms with E-state index in [0.717, 1.165) is 19.6 Å². The third-order valence-electron chi connectivity index (χ3n) is 2.74. The predicted molar refractivity (Wildman–Crippen MR) is 72.3 cm³/mol. The van der Waals surface area contributed by atoms with Gasteiger partial charge in [-0.05, 0) is 6.07 Å². The standard InChI is InChI=1S/C13H11F3N4O3/c1-22-9-5-17-6-19-10(9)20-11(21)7-3-8(13(14,15)16)12(23-2)18-4-7/h3-6H,1-2H3,(H,17,19,20,21). The molecule has 0 unspecified atom stereocenters. The van der Waals surface area contributed by atoms with E-state index in [0.29, 0.717) is 6.07 Å². The highest BCUT2D eigenvalue weighted by atomic mass is 19.4. The topological polar surface area (TPSA) is 86.2 Å². The van der Waals surface area contributed by atoms with Crippen molar-refractivity contribution in [2.75, 3.05) is 19.5 Å². The van der Waals surface area contributed by atoms with E-state index in [-0.39, 0.29) is 17.1 Å². The zero-order chi connectivity index (χ0) is 17.0. The lowest BCUT2D eigenvalue weighted by molar-refractivity contribution is -0.139. The fourth-order valence-corrected chi connectivity index (χ4v) is 1.68. The summed E-state index contributed by atoms with van der Waals surface area (Å²) in [4.78, 5) is 23.1. The first-order valence-corrected chi connectivity index (χ1v) is 6.13. The van der Waals surface area contributed by atoms with Gasteiger partial charge in [-0.25, -0.2) is 15.0 Å². The fourth-order valence-electron chi connectivity index (χ4n) is 1.68. The van der Waals surface area contributed by atoms with Crippen LogP contribution in [0.3, 0.4) is 0 Å². The molecule has 0 bridgehead atoms. The number of carbonyl (C=O) groups is 1. The minimum absolute atomic E-state index is 0.0249. The van der Waals surface area contributed by atoms with Gasteiger partial charge in [0.2, 0.25) is 5.88 Å². The zero-order valence-electron chi connectivity index (χ0n) is 12.0. The quantitative estimate of drug-likeness (QED) is 0.925. The molecule has 0 saturated carbocycles. The molecular weight excluding hydrogens is 317 g/mol. The maximum atomic E-state index is 12.9. The number of pyridine rings is 1. The summed E-state index contributed by atoms with van der Waals surface area (Å²) in [6, 6.07) is 0.648. The van der Waals surface area contributed by atoms with E-state index < -0.39 is 23.5 Å². The summed E-state index contributed by atoms with van der Waals surface area (Å²) in [5, 5.41) is 2.33. The Morgan fingerprint density at radius 3 is 2.52 bits per heavy atom. The average Bonchev–Trinajstić information content (AvgIpc) is 2.53. The van der Waals surface area contributed by atoms with Gasteiger partial charge in [-0.15, -0.1) is 0 Å². The minimum atomic E-state index is -4.71. The molecule has 2 heterocycles. The molecule has 0 spiro atoms. The Morgan fingerprint density at radius 2 is 1.91 bits per heavy atom. The second-order valence-electron chi connectivity index (χ2n) is 4.17. The molecule has 7 nitrogen and oxygen atoms in total. The number of rotatable bonds is 4. The highest BCUT2D eigenvalue weighted by Gasteiger charge is 2.36. The van der Waals surface area contributed by atoms with Gasteiger partial charge in [0.25, 0.3) is 5.91 Å². The Bertz CT molecular complexity index is 722. The summed E-state index contributed by atoms with van der Waals surface area (Å²) >= 11 is 0. The Morgan fingerprint density at radius 1 is 1.17 bits per heavy atom. The van der Waals surface area contributed by atoms with Crippen LogP contribution in [0.5, 0.6) is 11.6 Å². The highest BCUT2D eigenvalue weighted by Crippen LogP contribution is 2.35. The average molecular weight is 328 g/mol. The van der Waals surface area contributed by atoms with E-state index >= 15 is 0 Å². The van der Waals surface area contributed by atoms with Gasteiger partial charge in [0.05, 0.1) is 26.0 Å². The third-order valence-corrected chi connectivity index (χ3v) is 2.74. The molecule has 23 heavy (non-hydrogen) atoms. The summed E-state index contributed by atoms with van der Waals surface area (Å²) in [6.45, 7) is 0. The highest BCUT2D eigenvalue weighted by molar-refractivity contribution is 6.04. The van der Waals surface area contributed by atoms with Crippen molar-refractivity contribution in [3.05, 3.63) is 35.9 Å². The number of hydrogen-bond acceptors (Lipinski definition) is 6. The Hall–Kier alpha value is -2.91. The smallest absolute Gasteiger partial charge is 0.421 e. The maximum absolute atomic E-state index is 12.9. The largest absolute Gasteiger partial charge is 0.491 e. The molecule has 1 amide bonds. The van der Waals surface area contributed by atoms with E-state index in [4.69, 9.17) is 4.74 Å². The minimum Gasteiger partial charge on any atom is -0.491 e. The molecule has 10 heteroatoms. The molecule has 2 rings (SSSR count). The van der Waals surface area contributed by atoms with Crippen LogP contribution in [0.25, 0.3) is 0 Å². The molecule has 2 aromatic rings. The van der Waals surface area contributed by atoms with E-state index in [9.17, 15) is 18.0 Å². The van der Waals surface area contributed by atoms with Gasteiger partial charge in [0, 0.05) is 6.20 Å². The molecule has 0 aliphatic heterocycles. The Kier molecular flexibility index (Phi) is 4.63. The number of aromatic nitrogens is 3. The molecule has 0 aliphatic rings. The van der Waals surface area contributed by atoms with Gasteiger partial charge >= 0.3 is 6.18 Å². The Labute approximate surface area is 128 Å². The molecule has 0 atom stereocenters. The SMILES string of the molecule is COc1cncnc1NC(=O)c1cnc(OC)c(C(F)(F)F)c1. The number of amides is 1. The van der Waals surface area contributed by atoms with Gasteiger partial charge in [-0.3, -0.25) is 4.79 Å². The van der Waals surface area contributed by atoms with Crippen LogP contribution in [0.4, 0.5) is 19.0 Å². The molecule has 0 radical (unpaired) electrons. The van der Waals surface area contributed by atoms with Crippen LogP contribution in [-0.2, 0) is 6.18 Å². The molecule has 0 fully saturated rings. The summed E-state index contributed by atoms with van der Waals surface area (Å²) in [6.07, 6.45) is -1.28. The second-order valence-corrected chi connectivity index (χ2v) is 4.17. The van der Waals surface area contributed by atoms with Crippen LogP contribution in [0.1, 0.15) is 15.9 Å². The summed E-state index contributed by atoms with van der Waals surface area (Å²) < 4.78 is 48.3. The van der Waals surface area contributed by atoms with Crippen molar-refractivity contribution >= 4 is 11.7 Å². The molecule has 0 aromatic carbocycles. The molecule has 122 valence electrons. The monoisotopic (exact) mass is 328 g/mol. The number of hydrogen-bond donors (Lipinski definition) is 1. The summed E-state index contributed by atoms with van der Waals surface area (Å²) in [5.74, 6) is -1.26. The van der Waals surface area contributed by atoms with Gasteiger partial charge in [0.15, 0.2) is 11.6 Å². The zero-order valence-corrected chi connectivity index (χ0v) is 12.0. The van der Waals surface area contributed by atoms with Crippen molar-refractivity contribution in [2.24, 2.45) is 0 Å². The number of halogens is 3. The molecule has 0 aliphatic carbocycles. The van der Waals surface area contributed by atoms with Gasteiger partial charge < -0.3 is 14.8 Å². The van der Waals surface area contributed by atoms with E-state index in [2.05, 4.69) is 25.0 Å². The van der Waals surface area contributed by atoms with Crippen molar-refractivity contribution < 1.29 is 27.4 Å². The van der Waals surface area contributed by atoms with Crippen LogP contribution < -0.4 is 14.8 Å². The lowest BCUT2D eigenvalue weighted by Gasteiger charge is -2.12. The number of carbonyl (C=O) groups excluding carboxylic acids is 1.